The molecule has 0 aliphatic carbocycles. The van der Waals surface area contributed by atoms with E-state index in [0.29, 0.717) is 32.0 Å². The van der Waals surface area contributed by atoms with Crippen LogP contribution in [0, 0.1) is 11.6 Å². The molecule has 8 heteroatoms. The Labute approximate surface area is 154 Å². The number of nitrogens with zero attached hydrogens (tertiary/aromatic N) is 1. The maximum atomic E-state index is 13.7. The van der Waals surface area contributed by atoms with Crippen molar-refractivity contribution >= 4 is 11.8 Å². The van der Waals surface area contributed by atoms with Crippen molar-refractivity contribution in [3.63, 3.8) is 0 Å². The van der Waals surface area contributed by atoms with Crippen molar-refractivity contribution in [2.75, 3.05) is 13.1 Å². The Balaban J connectivity index is 1.58. The van der Waals surface area contributed by atoms with Crippen LogP contribution in [0.2, 0.25) is 0 Å². The zero-order chi connectivity index (χ0) is 19.6. The predicted octanol–water partition coefficient (Wildman–Crippen LogP) is 2.41. The third kappa shape index (κ3) is 4.33. The largest absolute Gasteiger partial charge is 0.508 e. The molecular formula is C19H18F2N2O4. The van der Waals surface area contributed by atoms with Gasteiger partial charge in [0.15, 0.2) is 0 Å². The summed E-state index contributed by atoms with van der Waals surface area (Å²) in [5.74, 6) is -3.06. The molecule has 0 saturated carbocycles. The van der Waals surface area contributed by atoms with Gasteiger partial charge in [0, 0.05) is 36.8 Å². The van der Waals surface area contributed by atoms with Gasteiger partial charge in [-0.1, -0.05) is 0 Å². The molecule has 1 aliphatic rings. The molecule has 2 aromatic carbocycles. The normalized spacial score (nSPS) is 14.8. The first-order valence-electron chi connectivity index (χ1n) is 8.41. The fourth-order valence-corrected chi connectivity index (χ4v) is 3.06. The Kier molecular flexibility index (Phi) is 5.25. The Hall–Kier alpha value is -3.16. The maximum absolute atomic E-state index is 13.7. The number of carbonyl (C=O) groups is 2. The summed E-state index contributed by atoms with van der Waals surface area (Å²) >= 11 is 0. The van der Waals surface area contributed by atoms with Crippen LogP contribution in [0.15, 0.2) is 36.4 Å². The van der Waals surface area contributed by atoms with E-state index in [9.17, 15) is 28.6 Å². The van der Waals surface area contributed by atoms with Crippen molar-refractivity contribution in [3.8, 4) is 11.5 Å². The van der Waals surface area contributed by atoms with Crippen molar-refractivity contribution in [2.24, 2.45) is 0 Å². The number of phenols is 2. The molecule has 0 aromatic heterocycles. The molecule has 2 amide bonds. The van der Waals surface area contributed by atoms with Crippen LogP contribution < -0.4 is 5.32 Å². The first-order chi connectivity index (χ1) is 12.8. The third-order valence-electron chi connectivity index (χ3n) is 4.44. The number of carbonyl (C=O) groups excluding carboxylic acids is 2. The Morgan fingerprint density at radius 2 is 1.63 bits per heavy atom. The number of piperidine rings is 1. The summed E-state index contributed by atoms with van der Waals surface area (Å²) in [5, 5.41) is 21.7. The summed E-state index contributed by atoms with van der Waals surface area (Å²) < 4.78 is 26.6. The molecule has 1 aliphatic heterocycles. The molecule has 27 heavy (non-hydrogen) atoms. The van der Waals surface area contributed by atoms with Gasteiger partial charge in [-0.05, 0) is 37.1 Å². The molecule has 0 radical (unpaired) electrons. The zero-order valence-corrected chi connectivity index (χ0v) is 14.3. The molecule has 0 unspecified atom stereocenters. The van der Waals surface area contributed by atoms with Crippen LogP contribution in [-0.2, 0) is 0 Å². The lowest BCUT2D eigenvalue weighted by molar-refractivity contribution is 0.0697. The third-order valence-corrected chi connectivity index (χ3v) is 4.44. The predicted molar refractivity (Wildman–Crippen MR) is 92.5 cm³/mol. The van der Waals surface area contributed by atoms with Crippen molar-refractivity contribution in [1.82, 2.24) is 10.2 Å². The van der Waals surface area contributed by atoms with E-state index in [1.807, 2.05) is 0 Å². The fourth-order valence-electron chi connectivity index (χ4n) is 3.06. The van der Waals surface area contributed by atoms with Gasteiger partial charge in [-0.3, -0.25) is 9.59 Å². The molecular weight excluding hydrogens is 358 g/mol. The van der Waals surface area contributed by atoms with E-state index in [1.165, 1.54) is 12.1 Å². The van der Waals surface area contributed by atoms with Crippen LogP contribution in [-0.4, -0.2) is 46.1 Å². The van der Waals surface area contributed by atoms with Gasteiger partial charge in [0.1, 0.15) is 23.1 Å². The summed E-state index contributed by atoms with van der Waals surface area (Å²) in [6.07, 6.45) is 0.927. The van der Waals surface area contributed by atoms with Crippen LogP contribution in [0.5, 0.6) is 11.5 Å². The second kappa shape index (κ2) is 7.61. The first-order valence-corrected chi connectivity index (χ1v) is 8.41. The van der Waals surface area contributed by atoms with Gasteiger partial charge < -0.3 is 20.4 Å². The number of hydrogen-bond donors (Lipinski definition) is 3. The van der Waals surface area contributed by atoms with Crippen molar-refractivity contribution in [1.29, 1.82) is 0 Å². The van der Waals surface area contributed by atoms with Gasteiger partial charge in [0.05, 0.1) is 5.56 Å². The SMILES string of the molecule is O=C(NC1CCN(C(=O)c2cc(O)cc(O)c2)CC1)c1ccc(F)cc1F. The van der Waals surface area contributed by atoms with Gasteiger partial charge in [0.2, 0.25) is 0 Å². The van der Waals surface area contributed by atoms with Gasteiger partial charge in [-0.25, -0.2) is 8.78 Å². The van der Waals surface area contributed by atoms with Crippen molar-refractivity contribution in [2.45, 2.75) is 18.9 Å². The van der Waals surface area contributed by atoms with E-state index in [1.54, 1.807) is 4.90 Å². The Morgan fingerprint density at radius 1 is 1.00 bits per heavy atom. The molecule has 3 rings (SSSR count). The van der Waals surface area contributed by atoms with Crippen LogP contribution in [0.1, 0.15) is 33.6 Å². The molecule has 3 N–H and O–H groups in total. The topological polar surface area (TPSA) is 89.9 Å². The second-order valence-electron chi connectivity index (χ2n) is 6.40. The highest BCUT2D eigenvalue weighted by molar-refractivity contribution is 5.95. The molecule has 0 spiro atoms. The molecule has 0 atom stereocenters. The number of halogens is 2. The molecule has 1 saturated heterocycles. The molecule has 142 valence electrons. The van der Waals surface area contributed by atoms with E-state index in [2.05, 4.69) is 5.32 Å². The highest BCUT2D eigenvalue weighted by atomic mass is 19.1. The second-order valence-corrected chi connectivity index (χ2v) is 6.40. The van der Waals surface area contributed by atoms with Crippen LogP contribution >= 0.6 is 0 Å². The number of likely N-dealkylation sites (tertiary alicyclic amines) is 1. The Morgan fingerprint density at radius 3 is 2.22 bits per heavy atom. The first kappa shape index (κ1) is 18.6. The van der Waals surface area contributed by atoms with E-state index in [-0.39, 0.29) is 34.6 Å². The minimum Gasteiger partial charge on any atom is -0.508 e. The number of rotatable bonds is 3. The number of benzene rings is 2. The highest BCUT2D eigenvalue weighted by Crippen LogP contribution is 2.23. The van der Waals surface area contributed by atoms with E-state index < -0.39 is 17.5 Å². The number of nitrogens with one attached hydrogen (secondary N) is 1. The molecule has 6 nitrogen and oxygen atoms in total. The monoisotopic (exact) mass is 376 g/mol. The summed E-state index contributed by atoms with van der Waals surface area (Å²) in [4.78, 5) is 26.2. The average Bonchev–Trinajstić information content (AvgIpc) is 2.60. The van der Waals surface area contributed by atoms with Crippen molar-refractivity contribution < 1.29 is 28.6 Å². The Bertz CT molecular complexity index is 860. The van der Waals surface area contributed by atoms with Crippen LogP contribution in [0.25, 0.3) is 0 Å². The van der Waals surface area contributed by atoms with E-state index in [0.717, 1.165) is 18.2 Å². The fraction of sp³-hybridized carbons (Fsp3) is 0.263. The van der Waals surface area contributed by atoms with Gasteiger partial charge in [-0.2, -0.15) is 0 Å². The number of aromatic hydroxyl groups is 2. The van der Waals surface area contributed by atoms with Crippen LogP contribution in [0.4, 0.5) is 8.78 Å². The molecule has 0 bridgehead atoms. The number of phenolic OH excluding ortho intramolecular Hbond substituents is 2. The maximum Gasteiger partial charge on any atom is 0.254 e. The highest BCUT2D eigenvalue weighted by Gasteiger charge is 2.26. The molecule has 1 heterocycles. The number of amides is 2. The lowest BCUT2D eigenvalue weighted by atomic mass is 10.0. The quantitative estimate of drug-likeness (QED) is 0.767. The smallest absolute Gasteiger partial charge is 0.254 e. The average molecular weight is 376 g/mol. The number of hydrogen-bond acceptors (Lipinski definition) is 4. The van der Waals surface area contributed by atoms with Crippen molar-refractivity contribution in [3.05, 3.63) is 59.2 Å². The van der Waals surface area contributed by atoms with E-state index >= 15 is 0 Å². The molecule has 1 fully saturated rings. The zero-order valence-electron chi connectivity index (χ0n) is 14.3. The standard InChI is InChI=1S/C19H18F2N2O4/c20-12-1-2-16(17(21)9-12)18(26)22-13-3-5-23(6-4-13)19(27)11-7-14(24)10-15(25)8-11/h1-2,7-10,13,24-25H,3-6H2,(H,22,26). The van der Waals surface area contributed by atoms with E-state index in [4.69, 9.17) is 0 Å². The van der Waals surface area contributed by atoms with Crippen LogP contribution in [0.3, 0.4) is 0 Å². The van der Waals surface area contributed by atoms with Gasteiger partial charge >= 0.3 is 0 Å². The summed E-state index contributed by atoms with van der Waals surface area (Å²) in [7, 11) is 0. The minimum atomic E-state index is -0.927. The minimum absolute atomic E-state index is 0.170. The summed E-state index contributed by atoms with van der Waals surface area (Å²) in [6, 6.07) is 6.19. The summed E-state index contributed by atoms with van der Waals surface area (Å²) in [6.45, 7) is 0.707. The summed E-state index contributed by atoms with van der Waals surface area (Å²) in [5.41, 5.74) is -0.0616. The lowest BCUT2D eigenvalue weighted by Crippen LogP contribution is -2.46. The lowest BCUT2D eigenvalue weighted by Gasteiger charge is -2.32. The van der Waals surface area contributed by atoms with Gasteiger partial charge in [0.25, 0.3) is 11.8 Å². The molecule has 2 aromatic rings. The van der Waals surface area contributed by atoms with Gasteiger partial charge in [-0.15, -0.1) is 0 Å².